The number of nitrogens with one attached hydrogen (secondary N) is 1. The van der Waals surface area contributed by atoms with E-state index in [2.05, 4.69) is 26.2 Å². The van der Waals surface area contributed by atoms with Crippen LogP contribution in [0.1, 0.15) is 5.69 Å². The lowest BCUT2D eigenvalue weighted by molar-refractivity contribution is -0.115. The van der Waals surface area contributed by atoms with Crippen LogP contribution in [-0.4, -0.2) is 10.9 Å². The molecule has 0 unspecified atom stereocenters. The van der Waals surface area contributed by atoms with Gasteiger partial charge in [0.15, 0.2) is 0 Å². The second-order valence-corrected chi connectivity index (χ2v) is 5.78. The van der Waals surface area contributed by atoms with E-state index in [9.17, 15) is 4.79 Å². The molecule has 3 N–H and O–H groups in total. The number of amides is 1. The Morgan fingerprint density at radius 1 is 1.30 bits per heavy atom. The minimum Gasteiger partial charge on any atom is -0.397 e. The number of hydrogen-bond acceptors (Lipinski definition) is 3. The predicted molar refractivity (Wildman–Crippen MR) is 85.1 cm³/mol. The SMILES string of the molecule is Nc1ccc(CC(=O)Nc2c(Cl)cc(Br)cc2Cl)nc1. The van der Waals surface area contributed by atoms with E-state index in [0.29, 0.717) is 27.1 Å². The number of halogens is 3. The molecule has 2 rings (SSSR count). The van der Waals surface area contributed by atoms with E-state index >= 15 is 0 Å². The molecule has 104 valence electrons. The first-order valence-corrected chi connectivity index (χ1v) is 7.15. The van der Waals surface area contributed by atoms with Gasteiger partial charge < -0.3 is 11.1 Å². The third-order valence-electron chi connectivity index (χ3n) is 2.46. The minimum absolute atomic E-state index is 0.114. The molecule has 1 amide bonds. The molecule has 0 bridgehead atoms. The number of nitrogens with zero attached hydrogens (tertiary/aromatic N) is 1. The fraction of sp³-hybridized carbons (Fsp3) is 0.0769. The minimum atomic E-state index is -0.256. The quantitative estimate of drug-likeness (QED) is 0.855. The number of aromatic nitrogens is 1. The van der Waals surface area contributed by atoms with Crippen molar-refractivity contribution in [3.8, 4) is 0 Å². The van der Waals surface area contributed by atoms with E-state index in [1.165, 1.54) is 6.20 Å². The first-order chi connectivity index (χ1) is 9.45. The lowest BCUT2D eigenvalue weighted by Gasteiger charge is -2.09. The highest BCUT2D eigenvalue weighted by Crippen LogP contribution is 2.33. The van der Waals surface area contributed by atoms with Gasteiger partial charge in [-0.2, -0.15) is 0 Å². The molecule has 0 atom stereocenters. The summed E-state index contributed by atoms with van der Waals surface area (Å²) in [6.07, 6.45) is 1.62. The molecule has 0 saturated heterocycles. The molecule has 0 fully saturated rings. The van der Waals surface area contributed by atoms with E-state index < -0.39 is 0 Å². The van der Waals surface area contributed by atoms with Crippen LogP contribution in [0.4, 0.5) is 11.4 Å². The first kappa shape index (κ1) is 15.1. The predicted octanol–water partition coefficient (Wildman–Crippen LogP) is 3.91. The zero-order valence-corrected chi connectivity index (χ0v) is 13.3. The Balaban J connectivity index is 2.10. The van der Waals surface area contributed by atoms with Crippen molar-refractivity contribution in [3.05, 3.63) is 50.7 Å². The highest BCUT2D eigenvalue weighted by atomic mass is 79.9. The van der Waals surface area contributed by atoms with E-state index in [1.54, 1.807) is 24.3 Å². The van der Waals surface area contributed by atoms with E-state index in [-0.39, 0.29) is 12.3 Å². The molecular weight excluding hydrogens is 365 g/mol. The van der Waals surface area contributed by atoms with Crippen LogP contribution in [-0.2, 0) is 11.2 Å². The van der Waals surface area contributed by atoms with Crippen LogP contribution in [0.5, 0.6) is 0 Å². The molecule has 7 heteroatoms. The molecule has 2 aromatic rings. The van der Waals surface area contributed by atoms with Gasteiger partial charge in [-0.15, -0.1) is 0 Å². The van der Waals surface area contributed by atoms with Gasteiger partial charge in [-0.3, -0.25) is 9.78 Å². The van der Waals surface area contributed by atoms with Crippen molar-refractivity contribution in [3.63, 3.8) is 0 Å². The molecular formula is C13H10BrCl2N3O. The van der Waals surface area contributed by atoms with Crippen molar-refractivity contribution < 1.29 is 4.79 Å². The average Bonchev–Trinajstić information content (AvgIpc) is 2.36. The highest BCUT2D eigenvalue weighted by molar-refractivity contribution is 9.10. The number of nitrogen functional groups attached to an aromatic ring is 1. The van der Waals surface area contributed by atoms with Gasteiger partial charge in [0.1, 0.15) is 0 Å². The summed E-state index contributed by atoms with van der Waals surface area (Å²) in [5.74, 6) is -0.256. The Morgan fingerprint density at radius 2 is 1.95 bits per heavy atom. The fourth-order valence-corrected chi connectivity index (χ4v) is 2.85. The number of rotatable bonds is 3. The Labute approximate surface area is 134 Å². The van der Waals surface area contributed by atoms with Gasteiger partial charge in [-0.05, 0) is 24.3 Å². The summed E-state index contributed by atoms with van der Waals surface area (Å²) in [5.41, 5.74) is 7.08. The van der Waals surface area contributed by atoms with Crippen LogP contribution >= 0.6 is 39.1 Å². The lowest BCUT2D eigenvalue weighted by Crippen LogP contribution is -2.15. The van der Waals surface area contributed by atoms with Gasteiger partial charge >= 0.3 is 0 Å². The summed E-state index contributed by atoms with van der Waals surface area (Å²) in [7, 11) is 0. The van der Waals surface area contributed by atoms with Gasteiger partial charge in [-0.1, -0.05) is 39.1 Å². The van der Waals surface area contributed by atoms with Crippen LogP contribution in [0.25, 0.3) is 0 Å². The first-order valence-electron chi connectivity index (χ1n) is 5.60. The molecule has 4 nitrogen and oxygen atoms in total. The Hall–Kier alpha value is -1.30. The summed E-state index contributed by atoms with van der Waals surface area (Å²) in [6.45, 7) is 0. The monoisotopic (exact) mass is 373 g/mol. The zero-order chi connectivity index (χ0) is 14.7. The molecule has 1 aromatic heterocycles. The van der Waals surface area contributed by atoms with Crippen molar-refractivity contribution in [1.82, 2.24) is 4.98 Å². The smallest absolute Gasteiger partial charge is 0.230 e. The highest BCUT2D eigenvalue weighted by Gasteiger charge is 2.12. The van der Waals surface area contributed by atoms with Crippen LogP contribution < -0.4 is 11.1 Å². The van der Waals surface area contributed by atoms with Crippen molar-refractivity contribution in [2.75, 3.05) is 11.1 Å². The summed E-state index contributed by atoms with van der Waals surface area (Å²) in [6, 6.07) is 6.70. The number of carbonyl (C=O) groups excluding carboxylic acids is 1. The Morgan fingerprint density at radius 3 is 2.50 bits per heavy atom. The summed E-state index contributed by atoms with van der Waals surface area (Å²) < 4.78 is 0.741. The normalized spacial score (nSPS) is 10.3. The van der Waals surface area contributed by atoms with Gasteiger partial charge in [0.2, 0.25) is 5.91 Å². The number of nitrogens with two attached hydrogens (primary N) is 1. The zero-order valence-electron chi connectivity index (χ0n) is 10.2. The van der Waals surface area contributed by atoms with Crippen LogP contribution in [0, 0.1) is 0 Å². The van der Waals surface area contributed by atoms with Gasteiger partial charge in [0.05, 0.1) is 34.0 Å². The summed E-state index contributed by atoms with van der Waals surface area (Å²) in [5, 5.41) is 3.40. The molecule has 0 aliphatic carbocycles. The van der Waals surface area contributed by atoms with Crippen LogP contribution in [0.3, 0.4) is 0 Å². The number of pyridine rings is 1. The topological polar surface area (TPSA) is 68.0 Å². The summed E-state index contributed by atoms with van der Waals surface area (Å²) >= 11 is 15.4. The molecule has 1 heterocycles. The fourth-order valence-electron chi connectivity index (χ4n) is 1.55. The summed E-state index contributed by atoms with van der Waals surface area (Å²) in [4.78, 5) is 16.0. The number of benzene rings is 1. The third kappa shape index (κ3) is 3.85. The van der Waals surface area contributed by atoms with Crippen molar-refractivity contribution in [2.45, 2.75) is 6.42 Å². The largest absolute Gasteiger partial charge is 0.397 e. The van der Waals surface area contributed by atoms with Crippen molar-refractivity contribution in [2.24, 2.45) is 0 Å². The molecule has 1 aromatic carbocycles. The number of hydrogen-bond donors (Lipinski definition) is 2. The average molecular weight is 375 g/mol. The maximum absolute atomic E-state index is 11.9. The van der Waals surface area contributed by atoms with Gasteiger partial charge in [0.25, 0.3) is 0 Å². The standard InChI is InChI=1S/C13H10BrCl2N3O/c14-7-3-10(15)13(11(16)4-7)19-12(20)5-9-2-1-8(17)6-18-9/h1-4,6H,5,17H2,(H,19,20). The molecule has 20 heavy (non-hydrogen) atoms. The lowest BCUT2D eigenvalue weighted by atomic mass is 10.2. The maximum Gasteiger partial charge on any atom is 0.230 e. The molecule has 0 aliphatic heterocycles. The molecule has 0 aliphatic rings. The van der Waals surface area contributed by atoms with Crippen LogP contribution in [0.2, 0.25) is 10.0 Å². The maximum atomic E-state index is 11.9. The van der Waals surface area contributed by atoms with Gasteiger partial charge in [-0.25, -0.2) is 0 Å². The van der Waals surface area contributed by atoms with Crippen LogP contribution in [0.15, 0.2) is 34.9 Å². The Bertz CT molecular complexity index is 624. The number of anilines is 2. The second kappa shape index (κ2) is 6.43. The van der Waals surface area contributed by atoms with Crippen molar-refractivity contribution >= 4 is 56.4 Å². The van der Waals surface area contributed by atoms with E-state index in [4.69, 9.17) is 28.9 Å². The van der Waals surface area contributed by atoms with Crippen molar-refractivity contribution in [1.29, 1.82) is 0 Å². The Kier molecular flexibility index (Phi) is 4.86. The van der Waals surface area contributed by atoms with E-state index in [1.807, 2.05) is 0 Å². The molecule has 0 saturated carbocycles. The molecule has 0 spiro atoms. The third-order valence-corrected chi connectivity index (χ3v) is 3.51. The molecule has 0 radical (unpaired) electrons. The number of carbonyl (C=O) groups is 1. The van der Waals surface area contributed by atoms with E-state index in [0.717, 1.165) is 4.47 Å². The second-order valence-electron chi connectivity index (χ2n) is 4.05. The van der Waals surface area contributed by atoms with Gasteiger partial charge in [0, 0.05) is 10.2 Å².